The Labute approximate surface area is 432 Å². The van der Waals surface area contributed by atoms with Crippen LogP contribution >= 0.6 is 0 Å². The Bertz CT molecular complexity index is 1290. The summed E-state index contributed by atoms with van der Waals surface area (Å²) in [4.78, 5) is 37.3. The lowest BCUT2D eigenvalue weighted by molar-refractivity contribution is -0.870. The quantitative estimate of drug-likeness (QED) is 0.0195. The zero-order chi connectivity index (χ0) is 51.3. The van der Waals surface area contributed by atoms with Crippen molar-refractivity contribution in [2.45, 2.75) is 277 Å². The summed E-state index contributed by atoms with van der Waals surface area (Å²) < 4.78 is 22.7. The molecule has 0 radical (unpaired) electrons. The van der Waals surface area contributed by atoms with E-state index in [4.69, 9.17) is 18.9 Å². The van der Waals surface area contributed by atoms with Gasteiger partial charge in [-0.1, -0.05) is 249 Å². The lowest BCUT2D eigenvalue weighted by atomic mass is 10.0. The van der Waals surface area contributed by atoms with Crippen LogP contribution in [0.1, 0.15) is 264 Å². The summed E-state index contributed by atoms with van der Waals surface area (Å²) in [5.41, 5.74) is 0. The summed E-state index contributed by atoms with van der Waals surface area (Å²) >= 11 is 0. The molecule has 0 bridgehead atoms. The third-order valence-corrected chi connectivity index (χ3v) is 12.8. The molecular weight excluding hydrogens is 875 g/mol. The second-order valence-corrected chi connectivity index (χ2v) is 20.9. The van der Waals surface area contributed by atoms with Gasteiger partial charge in [-0.25, -0.2) is 0 Å². The van der Waals surface area contributed by atoms with Gasteiger partial charge in [-0.05, 0) is 51.4 Å². The van der Waals surface area contributed by atoms with E-state index in [1.165, 1.54) is 161 Å². The van der Waals surface area contributed by atoms with Crippen LogP contribution in [0.2, 0.25) is 0 Å². The molecule has 0 fully saturated rings. The fourth-order valence-corrected chi connectivity index (χ4v) is 8.35. The monoisotopic (exact) mass is 986 g/mol. The first-order chi connectivity index (χ1) is 34.1. The van der Waals surface area contributed by atoms with Crippen molar-refractivity contribution in [2.24, 2.45) is 0 Å². The smallest absolute Gasteiger partial charge is 0.306 e. The highest BCUT2D eigenvalue weighted by atomic mass is 16.7. The molecule has 0 aromatic rings. The number of likely N-dealkylation sites (N-methyl/N-ethyl adjacent to an activating group) is 1. The van der Waals surface area contributed by atoms with Gasteiger partial charge in [-0.2, -0.15) is 0 Å². The minimum atomic E-state index is -1.62. The summed E-state index contributed by atoms with van der Waals surface area (Å²) in [7, 11) is 5.92. The molecule has 0 heterocycles. The molecule has 0 saturated carbocycles. The van der Waals surface area contributed by atoms with Gasteiger partial charge < -0.3 is 33.3 Å². The molecule has 9 nitrogen and oxygen atoms in total. The Hall–Kier alpha value is -2.75. The van der Waals surface area contributed by atoms with E-state index < -0.39 is 24.3 Å². The van der Waals surface area contributed by atoms with Crippen LogP contribution in [-0.2, 0) is 33.3 Å². The van der Waals surface area contributed by atoms with E-state index in [1.807, 2.05) is 21.1 Å². The molecule has 0 aromatic carbocycles. The third-order valence-electron chi connectivity index (χ3n) is 12.8. The molecule has 0 aliphatic heterocycles. The van der Waals surface area contributed by atoms with Crippen LogP contribution in [0.4, 0.5) is 0 Å². The average Bonchev–Trinajstić information content (AvgIpc) is 3.33. The number of hydrogen-bond acceptors (Lipinski definition) is 8. The molecule has 70 heavy (non-hydrogen) atoms. The van der Waals surface area contributed by atoms with Gasteiger partial charge in [0.2, 0.25) is 0 Å². The first-order valence-corrected chi connectivity index (χ1v) is 29.3. The van der Waals surface area contributed by atoms with Gasteiger partial charge in [-0.15, -0.1) is 0 Å². The maximum absolute atomic E-state index is 12.9. The number of ether oxygens (including phenoxy) is 4. The first-order valence-electron chi connectivity index (χ1n) is 29.3. The largest absolute Gasteiger partial charge is 0.545 e. The fourth-order valence-electron chi connectivity index (χ4n) is 8.35. The van der Waals surface area contributed by atoms with E-state index in [2.05, 4.69) is 62.5 Å². The number of quaternary nitrogens is 1. The van der Waals surface area contributed by atoms with E-state index >= 15 is 0 Å². The van der Waals surface area contributed by atoms with Crippen molar-refractivity contribution in [1.29, 1.82) is 0 Å². The standard InChI is InChI=1S/C61H111NO8/c1-6-8-10-12-14-16-18-20-22-24-26-28-29-30-32-33-35-37-39-41-43-45-47-49-51-58(63)68-55-57(56-69-61(60(65)66)67-54-53-62(3,4)5)70-59(64)52-50-48-46-44-42-40-38-36-34-31-27-25-23-21-19-17-15-13-11-9-7-2/h9,11,15,17,21,23,27,31,57,61H,6-8,10,12-14,16,18-20,22,24-26,28-30,32-56H2,1-5H3/b11-9-,17-15-,23-21-,31-27-. The molecule has 2 unspecified atom stereocenters. The third kappa shape index (κ3) is 53.1. The summed E-state index contributed by atoms with van der Waals surface area (Å²) in [6.45, 7) is 4.66. The van der Waals surface area contributed by atoms with E-state index in [9.17, 15) is 19.5 Å². The molecule has 0 aliphatic rings. The van der Waals surface area contributed by atoms with E-state index in [-0.39, 0.29) is 32.2 Å². The number of carbonyl (C=O) groups is 3. The number of unbranched alkanes of at least 4 members (excludes halogenated alkanes) is 31. The summed E-state index contributed by atoms with van der Waals surface area (Å²) in [5.74, 6) is -2.28. The Kier molecular flexibility index (Phi) is 50.5. The lowest BCUT2D eigenvalue weighted by Crippen LogP contribution is -2.44. The lowest BCUT2D eigenvalue weighted by Gasteiger charge is -2.26. The zero-order valence-electron chi connectivity index (χ0n) is 46.4. The van der Waals surface area contributed by atoms with Gasteiger partial charge >= 0.3 is 11.9 Å². The molecule has 0 aromatic heterocycles. The van der Waals surface area contributed by atoms with Gasteiger partial charge in [0, 0.05) is 12.8 Å². The average molecular weight is 987 g/mol. The Balaban J connectivity index is 4.22. The maximum Gasteiger partial charge on any atom is 0.306 e. The van der Waals surface area contributed by atoms with E-state index in [0.29, 0.717) is 23.9 Å². The molecule has 0 saturated heterocycles. The molecule has 0 N–H and O–H groups in total. The Morgan fingerprint density at radius 1 is 0.443 bits per heavy atom. The normalized spacial score (nSPS) is 13.1. The first kappa shape index (κ1) is 67.2. The van der Waals surface area contributed by atoms with Crippen molar-refractivity contribution < 1.29 is 42.9 Å². The number of hydrogen-bond donors (Lipinski definition) is 0. The Morgan fingerprint density at radius 2 is 0.814 bits per heavy atom. The molecule has 0 amide bonds. The number of carbonyl (C=O) groups excluding carboxylic acids is 3. The number of nitrogens with zero attached hydrogens (tertiary/aromatic N) is 1. The van der Waals surface area contributed by atoms with Crippen molar-refractivity contribution in [1.82, 2.24) is 0 Å². The minimum absolute atomic E-state index is 0.146. The highest BCUT2D eigenvalue weighted by Crippen LogP contribution is 2.17. The molecule has 408 valence electrons. The number of rotatable bonds is 54. The fraction of sp³-hybridized carbons (Fsp3) is 0.820. The number of esters is 2. The second kappa shape index (κ2) is 52.6. The van der Waals surface area contributed by atoms with Crippen molar-refractivity contribution in [3.63, 3.8) is 0 Å². The summed E-state index contributed by atoms with van der Waals surface area (Å²) in [6.07, 6.45) is 61.6. The van der Waals surface area contributed by atoms with Gasteiger partial charge in [-0.3, -0.25) is 9.59 Å². The highest BCUT2D eigenvalue weighted by molar-refractivity contribution is 5.70. The molecule has 9 heteroatoms. The van der Waals surface area contributed by atoms with Crippen LogP contribution in [0, 0.1) is 0 Å². The molecule has 0 aliphatic carbocycles. The van der Waals surface area contributed by atoms with Crippen LogP contribution in [-0.4, -0.2) is 82.3 Å². The van der Waals surface area contributed by atoms with Crippen LogP contribution in [0.5, 0.6) is 0 Å². The molecule has 0 spiro atoms. The highest BCUT2D eigenvalue weighted by Gasteiger charge is 2.22. The Morgan fingerprint density at radius 3 is 1.21 bits per heavy atom. The van der Waals surface area contributed by atoms with Crippen molar-refractivity contribution in [2.75, 3.05) is 47.5 Å². The summed E-state index contributed by atoms with van der Waals surface area (Å²) in [5, 5.41) is 11.8. The maximum atomic E-state index is 12.9. The van der Waals surface area contributed by atoms with Gasteiger partial charge in [0.1, 0.15) is 13.2 Å². The van der Waals surface area contributed by atoms with Crippen molar-refractivity contribution >= 4 is 17.9 Å². The predicted molar refractivity (Wildman–Crippen MR) is 292 cm³/mol. The van der Waals surface area contributed by atoms with Crippen LogP contribution in [0.3, 0.4) is 0 Å². The number of aliphatic carboxylic acids is 1. The van der Waals surface area contributed by atoms with Crippen LogP contribution in [0.15, 0.2) is 48.6 Å². The van der Waals surface area contributed by atoms with E-state index in [1.54, 1.807) is 0 Å². The van der Waals surface area contributed by atoms with Crippen LogP contribution < -0.4 is 5.11 Å². The molecule has 2 atom stereocenters. The molecule has 0 rings (SSSR count). The number of carboxylic acid groups (broad SMARTS) is 1. The minimum Gasteiger partial charge on any atom is -0.545 e. The van der Waals surface area contributed by atoms with Crippen LogP contribution in [0.25, 0.3) is 0 Å². The second-order valence-electron chi connectivity index (χ2n) is 20.9. The van der Waals surface area contributed by atoms with Gasteiger partial charge in [0.05, 0.1) is 40.3 Å². The topological polar surface area (TPSA) is 111 Å². The predicted octanol–water partition coefficient (Wildman–Crippen LogP) is 15.7. The van der Waals surface area contributed by atoms with Crippen molar-refractivity contribution in [3.05, 3.63) is 48.6 Å². The SMILES string of the molecule is CC/C=C\C/C=C\C/C=C\C/C=C\CCCCCCCCCCC(=O)OC(COC(=O)CCCCCCCCCCCCCCCCCCCCCCCCCC)COC(OCC[N+](C)(C)C)C(=O)[O-]. The number of allylic oxidation sites excluding steroid dienone is 8. The summed E-state index contributed by atoms with van der Waals surface area (Å²) in [6, 6.07) is 0. The van der Waals surface area contributed by atoms with E-state index in [0.717, 1.165) is 70.6 Å². The van der Waals surface area contributed by atoms with Gasteiger partial charge in [0.25, 0.3) is 0 Å². The number of carboxylic acids is 1. The van der Waals surface area contributed by atoms with Gasteiger partial charge in [0.15, 0.2) is 12.4 Å². The van der Waals surface area contributed by atoms with Crippen molar-refractivity contribution in [3.8, 4) is 0 Å². The molecular formula is C61H111NO8. The zero-order valence-corrected chi connectivity index (χ0v) is 46.4.